The molecule has 2 aromatic carbocycles. The van der Waals surface area contributed by atoms with Crippen LogP contribution in [0.2, 0.25) is 0 Å². The molecule has 4 rings (SSSR count). The van der Waals surface area contributed by atoms with E-state index in [4.69, 9.17) is 9.47 Å². The normalized spacial score (nSPS) is 17.4. The standard InChI is InChI=1S/C22H27N3O3/c1-2-22(26)23-15-19(17-8-9-20-21(14-17)28-16-27-20)25-12-10-24(11-13-25)18-6-4-3-5-7-18/h3-9,14,19H,2,10-13,15-16H2,1H3,(H,23,26). The summed E-state index contributed by atoms with van der Waals surface area (Å²) in [7, 11) is 0. The van der Waals surface area contributed by atoms with Crippen LogP contribution in [-0.2, 0) is 4.79 Å². The van der Waals surface area contributed by atoms with Crippen molar-refractivity contribution in [3.05, 3.63) is 54.1 Å². The fraction of sp³-hybridized carbons (Fsp3) is 0.409. The third kappa shape index (κ3) is 4.07. The summed E-state index contributed by atoms with van der Waals surface area (Å²) in [5.41, 5.74) is 2.41. The van der Waals surface area contributed by atoms with E-state index in [1.807, 2.05) is 19.1 Å². The van der Waals surface area contributed by atoms with Crippen LogP contribution >= 0.6 is 0 Å². The number of anilines is 1. The molecule has 0 saturated carbocycles. The minimum absolute atomic E-state index is 0.0775. The highest BCUT2D eigenvalue weighted by Crippen LogP contribution is 2.35. The minimum Gasteiger partial charge on any atom is -0.454 e. The van der Waals surface area contributed by atoms with Gasteiger partial charge in [-0.1, -0.05) is 31.2 Å². The third-order valence-corrected chi connectivity index (χ3v) is 5.47. The molecule has 6 nitrogen and oxygen atoms in total. The van der Waals surface area contributed by atoms with Gasteiger partial charge >= 0.3 is 0 Å². The quantitative estimate of drug-likeness (QED) is 0.834. The molecule has 0 spiro atoms. The van der Waals surface area contributed by atoms with Crippen molar-refractivity contribution < 1.29 is 14.3 Å². The Morgan fingerprint density at radius 3 is 2.54 bits per heavy atom. The third-order valence-electron chi connectivity index (χ3n) is 5.47. The van der Waals surface area contributed by atoms with E-state index >= 15 is 0 Å². The number of nitrogens with one attached hydrogen (secondary N) is 1. The number of hydrogen-bond donors (Lipinski definition) is 1. The van der Waals surface area contributed by atoms with E-state index in [1.54, 1.807) is 0 Å². The van der Waals surface area contributed by atoms with Gasteiger partial charge in [0.15, 0.2) is 11.5 Å². The van der Waals surface area contributed by atoms with Crippen LogP contribution in [0.25, 0.3) is 0 Å². The van der Waals surface area contributed by atoms with Gasteiger partial charge in [-0.3, -0.25) is 9.69 Å². The van der Waals surface area contributed by atoms with Crippen molar-refractivity contribution in [1.29, 1.82) is 0 Å². The molecule has 1 fully saturated rings. The first-order valence-electron chi connectivity index (χ1n) is 9.95. The molecule has 2 aliphatic heterocycles. The predicted octanol–water partition coefficient (Wildman–Crippen LogP) is 2.80. The van der Waals surface area contributed by atoms with Crippen LogP contribution in [0.5, 0.6) is 11.5 Å². The van der Waals surface area contributed by atoms with Crippen LogP contribution < -0.4 is 19.7 Å². The SMILES string of the molecule is CCC(=O)NCC(c1ccc2c(c1)OCO2)N1CCN(c2ccccc2)CC1. The molecule has 2 aromatic rings. The first-order chi connectivity index (χ1) is 13.7. The minimum atomic E-state index is 0.0775. The number of nitrogens with zero attached hydrogens (tertiary/aromatic N) is 2. The maximum atomic E-state index is 11.9. The molecule has 1 N–H and O–H groups in total. The van der Waals surface area contributed by atoms with E-state index in [2.05, 4.69) is 51.5 Å². The topological polar surface area (TPSA) is 54.0 Å². The summed E-state index contributed by atoms with van der Waals surface area (Å²) in [6.07, 6.45) is 0.496. The lowest BCUT2D eigenvalue weighted by Crippen LogP contribution is -2.49. The van der Waals surface area contributed by atoms with Gasteiger partial charge in [0.2, 0.25) is 12.7 Å². The van der Waals surface area contributed by atoms with Crippen LogP contribution in [0.4, 0.5) is 5.69 Å². The number of benzene rings is 2. The maximum absolute atomic E-state index is 11.9. The molecule has 6 heteroatoms. The Labute approximate surface area is 166 Å². The number of piperazine rings is 1. The van der Waals surface area contributed by atoms with E-state index in [-0.39, 0.29) is 18.7 Å². The average molecular weight is 381 g/mol. The van der Waals surface area contributed by atoms with E-state index in [1.165, 1.54) is 5.69 Å². The Balaban J connectivity index is 1.48. The summed E-state index contributed by atoms with van der Waals surface area (Å²) in [5.74, 6) is 1.65. The second-order valence-corrected chi connectivity index (χ2v) is 7.14. The Hall–Kier alpha value is -2.73. The van der Waals surface area contributed by atoms with Gasteiger partial charge in [0.25, 0.3) is 0 Å². The van der Waals surface area contributed by atoms with E-state index in [0.717, 1.165) is 43.2 Å². The lowest BCUT2D eigenvalue weighted by Gasteiger charge is -2.40. The van der Waals surface area contributed by atoms with Crippen molar-refractivity contribution in [3.63, 3.8) is 0 Å². The molecule has 1 saturated heterocycles. The second-order valence-electron chi connectivity index (χ2n) is 7.14. The van der Waals surface area contributed by atoms with Gasteiger partial charge in [-0.2, -0.15) is 0 Å². The van der Waals surface area contributed by atoms with Crippen molar-refractivity contribution in [3.8, 4) is 11.5 Å². The van der Waals surface area contributed by atoms with Crippen LogP contribution in [0.1, 0.15) is 24.9 Å². The smallest absolute Gasteiger partial charge is 0.231 e. The number of fused-ring (bicyclic) bond motifs is 1. The van der Waals surface area contributed by atoms with Gasteiger partial charge in [-0.15, -0.1) is 0 Å². The van der Waals surface area contributed by atoms with E-state index in [0.29, 0.717) is 13.0 Å². The summed E-state index contributed by atoms with van der Waals surface area (Å²) in [5, 5.41) is 3.07. The van der Waals surface area contributed by atoms with Gasteiger partial charge < -0.3 is 19.7 Å². The van der Waals surface area contributed by atoms with E-state index < -0.39 is 0 Å². The Kier molecular flexibility index (Phi) is 5.67. The molecule has 1 unspecified atom stereocenters. The predicted molar refractivity (Wildman–Crippen MR) is 109 cm³/mol. The van der Waals surface area contributed by atoms with Crippen molar-refractivity contribution in [2.75, 3.05) is 44.4 Å². The van der Waals surface area contributed by atoms with E-state index in [9.17, 15) is 4.79 Å². The molecule has 1 amide bonds. The number of hydrogen-bond acceptors (Lipinski definition) is 5. The average Bonchev–Trinajstić information content (AvgIpc) is 3.23. The highest BCUT2D eigenvalue weighted by atomic mass is 16.7. The Morgan fingerprint density at radius 1 is 1.04 bits per heavy atom. The van der Waals surface area contributed by atoms with Crippen LogP contribution in [0, 0.1) is 0 Å². The Bertz CT molecular complexity index is 804. The number of para-hydroxylation sites is 1. The zero-order chi connectivity index (χ0) is 19.3. The molecule has 2 aliphatic rings. The zero-order valence-electron chi connectivity index (χ0n) is 16.3. The van der Waals surface area contributed by atoms with Crippen molar-refractivity contribution in [1.82, 2.24) is 10.2 Å². The summed E-state index contributed by atoms with van der Waals surface area (Å²) in [6.45, 7) is 6.55. The van der Waals surface area contributed by atoms with Crippen LogP contribution in [0.15, 0.2) is 48.5 Å². The summed E-state index contributed by atoms with van der Waals surface area (Å²) < 4.78 is 11.0. The fourth-order valence-corrected chi connectivity index (χ4v) is 3.84. The first-order valence-corrected chi connectivity index (χ1v) is 9.95. The molecule has 28 heavy (non-hydrogen) atoms. The molecule has 0 bridgehead atoms. The molecular formula is C22H27N3O3. The monoisotopic (exact) mass is 381 g/mol. The Morgan fingerprint density at radius 2 is 1.79 bits per heavy atom. The number of rotatable bonds is 6. The van der Waals surface area contributed by atoms with Crippen molar-refractivity contribution in [2.24, 2.45) is 0 Å². The van der Waals surface area contributed by atoms with Gasteiger partial charge in [0, 0.05) is 44.8 Å². The highest BCUT2D eigenvalue weighted by molar-refractivity contribution is 5.75. The molecular weight excluding hydrogens is 354 g/mol. The highest BCUT2D eigenvalue weighted by Gasteiger charge is 2.27. The van der Waals surface area contributed by atoms with Crippen LogP contribution in [0.3, 0.4) is 0 Å². The summed E-state index contributed by atoms with van der Waals surface area (Å²) >= 11 is 0. The molecule has 0 aliphatic carbocycles. The largest absolute Gasteiger partial charge is 0.454 e. The zero-order valence-corrected chi connectivity index (χ0v) is 16.3. The molecule has 0 radical (unpaired) electrons. The number of carbonyl (C=O) groups is 1. The lowest BCUT2D eigenvalue weighted by atomic mass is 10.0. The summed E-state index contributed by atoms with van der Waals surface area (Å²) in [6, 6.07) is 16.7. The molecule has 1 atom stereocenters. The molecule has 0 aromatic heterocycles. The van der Waals surface area contributed by atoms with Gasteiger partial charge in [-0.25, -0.2) is 0 Å². The molecule has 148 valence electrons. The maximum Gasteiger partial charge on any atom is 0.231 e. The fourth-order valence-electron chi connectivity index (χ4n) is 3.84. The molecule has 2 heterocycles. The number of ether oxygens (including phenoxy) is 2. The summed E-state index contributed by atoms with van der Waals surface area (Å²) in [4.78, 5) is 16.7. The number of carbonyl (C=O) groups excluding carboxylic acids is 1. The van der Waals surface area contributed by atoms with Crippen molar-refractivity contribution in [2.45, 2.75) is 19.4 Å². The lowest BCUT2D eigenvalue weighted by molar-refractivity contribution is -0.121. The second kappa shape index (κ2) is 8.52. The van der Waals surface area contributed by atoms with Gasteiger partial charge in [-0.05, 0) is 29.8 Å². The van der Waals surface area contributed by atoms with Crippen molar-refractivity contribution >= 4 is 11.6 Å². The van der Waals surface area contributed by atoms with Gasteiger partial charge in [0.1, 0.15) is 0 Å². The first kappa shape index (κ1) is 18.6. The van der Waals surface area contributed by atoms with Gasteiger partial charge in [0.05, 0.1) is 6.04 Å². The number of amides is 1. The van der Waals surface area contributed by atoms with Crippen LogP contribution in [-0.4, -0.2) is 50.3 Å².